The van der Waals surface area contributed by atoms with Crippen LogP contribution in [0.2, 0.25) is 0 Å². The van der Waals surface area contributed by atoms with Gasteiger partial charge in [-0.2, -0.15) is 0 Å². The highest BCUT2D eigenvalue weighted by atomic mass is 32.2. The Labute approximate surface area is 156 Å². The van der Waals surface area contributed by atoms with Gasteiger partial charge < -0.3 is 10.2 Å². The first-order chi connectivity index (χ1) is 11.8. The van der Waals surface area contributed by atoms with E-state index >= 15 is 0 Å². The molecule has 136 valence electrons. The molecule has 2 rings (SSSR count). The first-order valence-corrected chi connectivity index (χ1v) is 9.82. The monoisotopic (exact) mass is 382 g/mol. The van der Waals surface area contributed by atoms with Crippen molar-refractivity contribution in [3.05, 3.63) is 30.1 Å². The van der Waals surface area contributed by atoms with Crippen LogP contribution in [-0.2, 0) is 4.79 Å². The third kappa shape index (κ3) is 5.40. The van der Waals surface area contributed by atoms with Gasteiger partial charge >= 0.3 is 0 Å². The van der Waals surface area contributed by atoms with Crippen LogP contribution in [0.1, 0.15) is 34.6 Å². The van der Waals surface area contributed by atoms with Crippen molar-refractivity contribution in [3.8, 4) is 0 Å². The molecule has 1 aromatic carbocycles. The molecule has 0 bridgehead atoms. The van der Waals surface area contributed by atoms with Gasteiger partial charge in [0.15, 0.2) is 4.34 Å². The third-order valence-corrected chi connectivity index (χ3v) is 5.49. The highest BCUT2D eigenvalue weighted by molar-refractivity contribution is 8.02. The second-order valence-electron chi connectivity index (χ2n) is 6.20. The van der Waals surface area contributed by atoms with Gasteiger partial charge in [0.2, 0.25) is 11.0 Å². The molecule has 1 aromatic heterocycles. The number of benzene rings is 1. The van der Waals surface area contributed by atoms with Gasteiger partial charge in [-0.3, -0.25) is 4.79 Å². The van der Waals surface area contributed by atoms with Crippen LogP contribution in [0.3, 0.4) is 0 Å². The molecule has 8 heteroatoms. The Kier molecular flexibility index (Phi) is 6.78. The first kappa shape index (κ1) is 19.7. The lowest BCUT2D eigenvalue weighted by Crippen LogP contribution is -2.45. The predicted octanol–water partition coefficient (Wildman–Crippen LogP) is 4.55. The van der Waals surface area contributed by atoms with Crippen LogP contribution in [0, 0.1) is 5.82 Å². The minimum absolute atomic E-state index is 0.0878. The first-order valence-electron chi connectivity index (χ1n) is 8.13. The molecule has 25 heavy (non-hydrogen) atoms. The Bertz CT molecular complexity index is 712. The van der Waals surface area contributed by atoms with E-state index in [2.05, 4.69) is 15.5 Å². The van der Waals surface area contributed by atoms with Crippen molar-refractivity contribution >= 4 is 39.8 Å². The number of nitrogens with zero attached hydrogens (tertiary/aromatic N) is 3. The summed E-state index contributed by atoms with van der Waals surface area (Å²) < 4.78 is 13.9. The van der Waals surface area contributed by atoms with Crippen LogP contribution in [0.5, 0.6) is 0 Å². The third-order valence-electron chi connectivity index (χ3n) is 3.47. The standard InChI is InChI=1S/C17H23FN4OS2/c1-10(2)22(11(3)4)15(23)12(5)24-17-21-20-16(25-17)19-14-8-6-7-13(18)9-14/h6-12H,1-5H3,(H,19,20)/t12-/m0/s1. The molecule has 0 aliphatic rings. The summed E-state index contributed by atoms with van der Waals surface area (Å²) in [6.45, 7) is 9.94. The molecule has 0 aliphatic heterocycles. The van der Waals surface area contributed by atoms with E-state index in [0.29, 0.717) is 15.2 Å². The zero-order chi connectivity index (χ0) is 18.6. The van der Waals surface area contributed by atoms with Gasteiger partial charge in [-0.15, -0.1) is 10.2 Å². The lowest BCUT2D eigenvalue weighted by Gasteiger charge is -2.32. The fourth-order valence-electron chi connectivity index (χ4n) is 2.51. The Morgan fingerprint density at radius 1 is 1.20 bits per heavy atom. The smallest absolute Gasteiger partial charge is 0.236 e. The van der Waals surface area contributed by atoms with Crippen LogP contribution in [0.25, 0.3) is 0 Å². The van der Waals surface area contributed by atoms with Crippen molar-refractivity contribution in [1.82, 2.24) is 15.1 Å². The molecule has 0 saturated carbocycles. The van der Waals surface area contributed by atoms with E-state index in [1.165, 1.54) is 35.2 Å². The van der Waals surface area contributed by atoms with Gasteiger partial charge in [0.1, 0.15) is 5.82 Å². The maximum absolute atomic E-state index is 13.2. The summed E-state index contributed by atoms with van der Waals surface area (Å²) in [4.78, 5) is 14.5. The van der Waals surface area contributed by atoms with E-state index in [-0.39, 0.29) is 29.1 Å². The largest absolute Gasteiger partial charge is 0.337 e. The lowest BCUT2D eigenvalue weighted by atomic mass is 10.2. The summed E-state index contributed by atoms with van der Waals surface area (Å²) in [6, 6.07) is 6.46. The number of amides is 1. The minimum Gasteiger partial charge on any atom is -0.337 e. The van der Waals surface area contributed by atoms with Gasteiger partial charge in [-0.1, -0.05) is 29.2 Å². The van der Waals surface area contributed by atoms with E-state index in [9.17, 15) is 9.18 Å². The van der Waals surface area contributed by atoms with Crippen molar-refractivity contribution in [2.24, 2.45) is 0 Å². The van der Waals surface area contributed by atoms with E-state index in [4.69, 9.17) is 0 Å². The number of rotatable bonds is 7. The molecule has 1 amide bonds. The summed E-state index contributed by atoms with van der Waals surface area (Å²) >= 11 is 2.73. The number of aromatic nitrogens is 2. The summed E-state index contributed by atoms with van der Waals surface area (Å²) in [5.74, 6) is -0.226. The number of hydrogen-bond donors (Lipinski definition) is 1. The molecule has 0 spiro atoms. The van der Waals surface area contributed by atoms with E-state index < -0.39 is 0 Å². The zero-order valence-corrected chi connectivity index (χ0v) is 16.6. The van der Waals surface area contributed by atoms with Crippen molar-refractivity contribution in [3.63, 3.8) is 0 Å². The van der Waals surface area contributed by atoms with Crippen LogP contribution in [-0.4, -0.2) is 38.3 Å². The van der Waals surface area contributed by atoms with Crippen LogP contribution in [0.4, 0.5) is 15.2 Å². The van der Waals surface area contributed by atoms with Crippen LogP contribution in [0.15, 0.2) is 28.6 Å². The normalized spacial score (nSPS) is 12.5. The topological polar surface area (TPSA) is 58.1 Å². The second kappa shape index (κ2) is 8.62. The Balaban J connectivity index is 2.01. The minimum atomic E-state index is -0.314. The number of carbonyl (C=O) groups is 1. The molecule has 0 radical (unpaired) electrons. The quantitative estimate of drug-likeness (QED) is 0.712. The number of thioether (sulfide) groups is 1. The zero-order valence-electron chi connectivity index (χ0n) is 15.0. The number of halogens is 1. The van der Waals surface area contributed by atoms with E-state index in [1.54, 1.807) is 12.1 Å². The van der Waals surface area contributed by atoms with Crippen LogP contribution >= 0.6 is 23.1 Å². The average Bonchev–Trinajstić information content (AvgIpc) is 2.93. The number of carbonyl (C=O) groups excluding carboxylic acids is 1. The number of hydrogen-bond acceptors (Lipinski definition) is 6. The molecule has 1 atom stereocenters. The van der Waals surface area contributed by atoms with Crippen molar-refractivity contribution in [1.29, 1.82) is 0 Å². The van der Waals surface area contributed by atoms with Crippen molar-refractivity contribution < 1.29 is 9.18 Å². The van der Waals surface area contributed by atoms with Gasteiger partial charge in [-0.05, 0) is 52.8 Å². The summed E-state index contributed by atoms with van der Waals surface area (Å²) in [7, 11) is 0. The second-order valence-corrected chi connectivity index (χ2v) is 8.77. The number of anilines is 2. The maximum Gasteiger partial charge on any atom is 0.236 e. The molecule has 0 fully saturated rings. The lowest BCUT2D eigenvalue weighted by molar-refractivity contribution is -0.133. The molecule has 0 unspecified atom stereocenters. The summed E-state index contributed by atoms with van der Waals surface area (Å²) in [6.07, 6.45) is 0. The summed E-state index contributed by atoms with van der Waals surface area (Å²) in [5.41, 5.74) is 0.614. The van der Waals surface area contributed by atoms with Gasteiger partial charge in [0.25, 0.3) is 0 Å². The van der Waals surface area contributed by atoms with Crippen molar-refractivity contribution in [2.45, 2.75) is 56.3 Å². The molecule has 0 saturated heterocycles. The van der Waals surface area contributed by atoms with Gasteiger partial charge in [0.05, 0.1) is 5.25 Å². The van der Waals surface area contributed by atoms with Gasteiger partial charge in [-0.25, -0.2) is 4.39 Å². The van der Waals surface area contributed by atoms with Gasteiger partial charge in [0, 0.05) is 17.8 Å². The SMILES string of the molecule is CC(C)N(C(=O)[C@H](C)Sc1nnc(Nc2cccc(F)c2)s1)C(C)C. The Morgan fingerprint density at radius 2 is 1.88 bits per heavy atom. The van der Waals surface area contributed by atoms with Crippen LogP contribution < -0.4 is 5.32 Å². The Hall–Kier alpha value is -1.67. The predicted molar refractivity (Wildman–Crippen MR) is 102 cm³/mol. The number of nitrogens with one attached hydrogen (secondary N) is 1. The molecule has 2 aromatic rings. The maximum atomic E-state index is 13.2. The highest BCUT2D eigenvalue weighted by Gasteiger charge is 2.26. The fraction of sp³-hybridized carbons (Fsp3) is 0.471. The van der Waals surface area contributed by atoms with Crippen molar-refractivity contribution in [2.75, 3.05) is 5.32 Å². The Morgan fingerprint density at radius 3 is 2.48 bits per heavy atom. The fourth-order valence-corrected chi connectivity index (χ4v) is 4.49. The molecule has 5 nitrogen and oxygen atoms in total. The molecule has 1 heterocycles. The summed E-state index contributed by atoms with van der Waals surface area (Å²) in [5, 5.41) is 11.5. The van der Waals surface area contributed by atoms with E-state index in [0.717, 1.165) is 0 Å². The van der Waals surface area contributed by atoms with E-state index in [1.807, 2.05) is 39.5 Å². The molecular formula is C17H23FN4OS2. The molecule has 1 N–H and O–H groups in total. The highest BCUT2D eigenvalue weighted by Crippen LogP contribution is 2.31. The molecule has 0 aliphatic carbocycles. The molecular weight excluding hydrogens is 359 g/mol. The average molecular weight is 383 g/mol.